The topological polar surface area (TPSA) is 125 Å². The average molecular weight is 405 g/mol. The predicted molar refractivity (Wildman–Crippen MR) is 101 cm³/mol. The number of nitrogens with zero attached hydrogens (tertiary/aromatic N) is 4. The fourth-order valence-corrected chi connectivity index (χ4v) is 2.40. The second-order valence-corrected chi connectivity index (χ2v) is 6.03. The standard InChI is InChI=1S/C17H18N4O2.CH4O3S/c1-4-15-17(16(5-2)21(20-15)6-7-22)23-14-9-12(11-18)8-13(10-14)19-3;1-4-5(2)3/h8-10,22H,4-7H2,1-2H3;1H3,(H,2,3)/p-1. The Morgan fingerprint density at radius 1 is 1.39 bits per heavy atom. The van der Waals surface area contributed by atoms with Crippen molar-refractivity contribution in [2.75, 3.05) is 13.7 Å². The summed E-state index contributed by atoms with van der Waals surface area (Å²) in [5, 5.41) is 22.7. The Balaban J connectivity index is 0.000000696. The number of aliphatic hydroxyl groups excluding tert-OH is 1. The third-order valence-electron chi connectivity index (χ3n) is 3.56. The molecular weight excluding hydrogens is 384 g/mol. The highest BCUT2D eigenvalue weighted by Gasteiger charge is 2.18. The molecule has 0 saturated carbocycles. The van der Waals surface area contributed by atoms with Crippen molar-refractivity contribution in [2.45, 2.75) is 33.2 Å². The number of nitriles is 1. The molecule has 150 valence electrons. The number of aromatic nitrogens is 2. The van der Waals surface area contributed by atoms with Crippen molar-refractivity contribution in [3.8, 4) is 17.6 Å². The smallest absolute Gasteiger partial charge is 0.192 e. The van der Waals surface area contributed by atoms with Crippen molar-refractivity contribution < 1.29 is 22.8 Å². The molecule has 0 bridgehead atoms. The predicted octanol–water partition coefficient (Wildman–Crippen LogP) is 2.64. The van der Waals surface area contributed by atoms with Gasteiger partial charge in [-0.3, -0.25) is 4.68 Å². The molecule has 28 heavy (non-hydrogen) atoms. The van der Waals surface area contributed by atoms with Crippen molar-refractivity contribution >= 4 is 17.0 Å². The number of hydrogen-bond donors (Lipinski definition) is 1. The lowest BCUT2D eigenvalue weighted by molar-refractivity contribution is 0.267. The fourth-order valence-electron chi connectivity index (χ4n) is 2.40. The summed E-state index contributed by atoms with van der Waals surface area (Å²) in [5.41, 5.74) is 2.43. The summed E-state index contributed by atoms with van der Waals surface area (Å²) in [6.07, 6.45) is 1.39. The first-order chi connectivity index (χ1) is 13.4. The van der Waals surface area contributed by atoms with Crippen LogP contribution in [0.25, 0.3) is 4.85 Å². The van der Waals surface area contributed by atoms with Gasteiger partial charge < -0.3 is 18.6 Å². The second kappa shape index (κ2) is 11.8. The lowest BCUT2D eigenvalue weighted by atomic mass is 10.2. The highest BCUT2D eigenvalue weighted by Crippen LogP contribution is 2.33. The minimum Gasteiger partial charge on any atom is -0.750 e. The molecule has 1 aromatic heterocycles. The van der Waals surface area contributed by atoms with Crippen LogP contribution in [0.4, 0.5) is 5.69 Å². The van der Waals surface area contributed by atoms with Crippen molar-refractivity contribution in [2.24, 2.45) is 0 Å². The number of aryl methyl sites for hydroxylation is 1. The normalized spacial score (nSPS) is 11.0. The molecule has 10 heteroatoms. The minimum atomic E-state index is -2.32. The molecule has 0 spiro atoms. The molecule has 0 fully saturated rings. The van der Waals surface area contributed by atoms with Crippen LogP contribution in [0, 0.1) is 17.9 Å². The van der Waals surface area contributed by atoms with E-state index in [0.29, 0.717) is 42.1 Å². The fraction of sp³-hybridized carbons (Fsp3) is 0.389. The Labute approximate surface area is 166 Å². The van der Waals surface area contributed by atoms with Crippen LogP contribution < -0.4 is 4.74 Å². The maximum absolute atomic E-state index is 9.17. The van der Waals surface area contributed by atoms with Gasteiger partial charge in [-0.15, -0.1) is 0 Å². The first-order valence-corrected chi connectivity index (χ1v) is 9.37. The molecule has 0 aliphatic rings. The van der Waals surface area contributed by atoms with E-state index in [2.05, 4.69) is 14.1 Å². The van der Waals surface area contributed by atoms with E-state index in [4.69, 9.17) is 30.4 Å². The quantitative estimate of drug-likeness (QED) is 0.554. The molecule has 1 N–H and O–H groups in total. The zero-order valence-corrected chi connectivity index (χ0v) is 16.7. The molecule has 0 aliphatic heterocycles. The molecular formula is C18H21N4O5S-. The van der Waals surface area contributed by atoms with E-state index in [1.54, 1.807) is 16.8 Å². The third-order valence-corrected chi connectivity index (χ3v) is 3.84. The third kappa shape index (κ3) is 6.44. The van der Waals surface area contributed by atoms with Gasteiger partial charge in [0, 0.05) is 5.56 Å². The van der Waals surface area contributed by atoms with Crippen molar-refractivity contribution in [3.05, 3.63) is 46.6 Å². The van der Waals surface area contributed by atoms with Crippen LogP contribution in [0.5, 0.6) is 11.5 Å². The summed E-state index contributed by atoms with van der Waals surface area (Å²) in [7, 11) is 1.09. The number of aliphatic hydroxyl groups is 1. The molecule has 0 saturated heterocycles. The highest BCUT2D eigenvalue weighted by molar-refractivity contribution is 7.74. The summed E-state index contributed by atoms with van der Waals surface area (Å²) >= 11 is -2.32. The Morgan fingerprint density at radius 2 is 2.07 bits per heavy atom. The number of rotatable bonds is 7. The lowest BCUT2D eigenvalue weighted by Gasteiger charge is -2.09. The van der Waals surface area contributed by atoms with Crippen LogP contribution in [0.1, 0.15) is 30.8 Å². The summed E-state index contributed by atoms with van der Waals surface area (Å²) < 4.78 is 29.7. The van der Waals surface area contributed by atoms with Crippen LogP contribution in [0.15, 0.2) is 18.2 Å². The van der Waals surface area contributed by atoms with Crippen LogP contribution >= 0.6 is 0 Å². The van der Waals surface area contributed by atoms with Crippen molar-refractivity contribution in [1.29, 1.82) is 5.26 Å². The summed E-state index contributed by atoms with van der Waals surface area (Å²) in [5.74, 6) is 1.09. The van der Waals surface area contributed by atoms with Crippen molar-refractivity contribution in [3.63, 3.8) is 0 Å². The molecule has 2 rings (SSSR count). The van der Waals surface area contributed by atoms with Crippen molar-refractivity contribution in [1.82, 2.24) is 9.78 Å². The molecule has 9 nitrogen and oxygen atoms in total. The maximum atomic E-state index is 9.17. The Morgan fingerprint density at radius 3 is 2.54 bits per heavy atom. The Bertz CT molecular complexity index is 866. The Kier molecular flexibility index (Phi) is 9.85. The maximum Gasteiger partial charge on any atom is 0.192 e. The van der Waals surface area contributed by atoms with Gasteiger partial charge in [0.15, 0.2) is 11.4 Å². The number of benzene rings is 1. The van der Waals surface area contributed by atoms with Crippen LogP contribution in [0.3, 0.4) is 0 Å². The van der Waals surface area contributed by atoms with Gasteiger partial charge in [0.2, 0.25) is 0 Å². The molecule has 1 unspecified atom stereocenters. The van der Waals surface area contributed by atoms with Gasteiger partial charge >= 0.3 is 0 Å². The SMILES string of the molecule is COS(=O)[O-].[C-]#[N+]c1cc(C#N)cc(Oc2c(CC)nn(CCO)c2CC)c1. The molecule has 0 aliphatic carbocycles. The zero-order valence-electron chi connectivity index (χ0n) is 15.8. The first-order valence-electron chi connectivity index (χ1n) is 8.37. The summed E-state index contributed by atoms with van der Waals surface area (Å²) in [4.78, 5) is 3.37. The van der Waals surface area contributed by atoms with E-state index < -0.39 is 11.4 Å². The van der Waals surface area contributed by atoms with E-state index in [-0.39, 0.29) is 6.61 Å². The molecule has 1 aromatic carbocycles. The van der Waals surface area contributed by atoms with Gasteiger partial charge in [0.05, 0.1) is 50.0 Å². The molecule has 0 radical (unpaired) electrons. The van der Waals surface area contributed by atoms with Crippen LogP contribution in [-0.2, 0) is 34.9 Å². The second-order valence-electron chi connectivity index (χ2n) is 5.29. The van der Waals surface area contributed by atoms with E-state index in [1.807, 2.05) is 19.9 Å². The van der Waals surface area contributed by atoms with E-state index >= 15 is 0 Å². The number of ether oxygens (including phenoxy) is 1. The van der Waals surface area contributed by atoms with Gasteiger partial charge in [-0.05, 0) is 31.0 Å². The molecule has 1 atom stereocenters. The Hall–Kier alpha value is -2.76. The lowest BCUT2D eigenvalue weighted by Crippen LogP contribution is -2.07. The van der Waals surface area contributed by atoms with E-state index in [0.717, 1.165) is 18.5 Å². The number of hydrogen-bond acceptors (Lipinski definition) is 7. The first kappa shape index (κ1) is 23.3. The van der Waals surface area contributed by atoms with Gasteiger partial charge in [0.1, 0.15) is 11.4 Å². The van der Waals surface area contributed by atoms with Crippen LogP contribution in [-0.4, -0.2) is 37.4 Å². The zero-order chi connectivity index (χ0) is 21.1. The van der Waals surface area contributed by atoms with E-state index in [9.17, 15) is 0 Å². The van der Waals surface area contributed by atoms with Crippen LogP contribution in [0.2, 0.25) is 0 Å². The average Bonchev–Trinajstić information content (AvgIpc) is 3.04. The monoisotopic (exact) mass is 405 g/mol. The van der Waals surface area contributed by atoms with E-state index in [1.165, 1.54) is 6.07 Å². The molecule has 2 aromatic rings. The molecule has 0 amide bonds. The largest absolute Gasteiger partial charge is 0.750 e. The van der Waals surface area contributed by atoms with Gasteiger partial charge in [-0.1, -0.05) is 13.8 Å². The van der Waals surface area contributed by atoms with Gasteiger partial charge in [0.25, 0.3) is 0 Å². The molecule has 1 heterocycles. The van der Waals surface area contributed by atoms with Gasteiger partial charge in [-0.25, -0.2) is 9.05 Å². The summed E-state index contributed by atoms with van der Waals surface area (Å²) in [6.45, 7) is 11.5. The van der Waals surface area contributed by atoms with Gasteiger partial charge in [-0.2, -0.15) is 10.4 Å². The summed E-state index contributed by atoms with van der Waals surface area (Å²) in [6, 6.07) is 6.77. The minimum absolute atomic E-state index is 0.00304. The highest BCUT2D eigenvalue weighted by atomic mass is 32.2.